The lowest BCUT2D eigenvalue weighted by Gasteiger charge is -2.26. The maximum absolute atomic E-state index is 5.82. The van der Waals surface area contributed by atoms with Crippen LogP contribution in [0.25, 0.3) is 10.9 Å². The summed E-state index contributed by atoms with van der Waals surface area (Å²) in [6.45, 7) is 0.883. The van der Waals surface area contributed by atoms with E-state index in [9.17, 15) is 0 Å². The minimum Gasteiger partial charge on any atom is -0.378 e. The zero-order chi connectivity index (χ0) is 14.7. The van der Waals surface area contributed by atoms with Crippen molar-refractivity contribution in [2.24, 2.45) is 12.9 Å². The van der Waals surface area contributed by atoms with Gasteiger partial charge >= 0.3 is 0 Å². The van der Waals surface area contributed by atoms with Gasteiger partial charge in [0.2, 0.25) is 0 Å². The quantitative estimate of drug-likeness (QED) is 0.651. The number of benzene rings is 1. The molecule has 1 aromatic carbocycles. The average molecular weight is 288 g/mol. The van der Waals surface area contributed by atoms with Crippen molar-refractivity contribution in [2.45, 2.75) is 44.2 Å². The molecule has 1 aliphatic rings. The molecule has 0 bridgehead atoms. The fourth-order valence-electron chi connectivity index (χ4n) is 3.19. The van der Waals surface area contributed by atoms with Crippen molar-refractivity contribution < 1.29 is 4.74 Å². The number of hydrazine groups is 1. The minimum absolute atomic E-state index is 0.200. The number of fused-ring (bicyclic) bond motifs is 1. The van der Waals surface area contributed by atoms with Gasteiger partial charge in [0.25, 0.3) is 0 Å². The van der Waals surface area contributed by atoms with Gasteiger partial charge in [-0.1, -0.05) is 18.2 Å². The lowest BCUT2D eigenvalue weighted by Crippen LogP contribution is -2.40. The first kappa shape index (κ1) is 14.5. The van der Waals surface area contributed by atoms with Crippen LogP contribution < -0.4 is 11.3 Å². The van der Waals surface area contributed by atoms with Crippen molar-refractivity contribution in [3.63, 3.8) is 0 Å². The van der Waals surface area contributed by atoms with Crippen LogP contribution in [0, 0.1) is 0 Å². The maximum Gasteiger partial charge on any atom is 0.0719 e. The SMILES string of the molecule is Cn1nc(CC(CC2CCCCO2)NN)c2ccccc21. The van der Waals surface area contributed by atoms with E-state index in [1.54, 1.807) is 0 Å². The molecule has 5 heteroatoms. The molecule has 1 saturated heterocycles. The number of hydrogen-bond donors (Lipinski definition) is 2. The first-order chi connectivity index (χ1) is 10.3. The molecular formula is C16H24N4O. The Labute approximate surface area is 125 Å². The largest absolute Gasteiger partial charge is 0.378 e. The monoisotopic (exact) mass is 288 g/mol. The van der Waals surface area contributed by atoms with Crippen LogP contribution >= 0.6 is 0 Å². The summed E-state index contributed by atoms with van der Waals surface area (Å²) in [5, 5.41) is 5.86. The molecule has 1 aliphatic heterocycles. The van der Waals surface area contributed by atoms with Gasteiger partial charge < -0.3 is 4.74 Å². The standard InChI is InChI=1S/C16H24N4O/c1-20-16-8-3-2-7-14(16)15(19-20)11-12(18-17)10-13-6-4-5-9-21-13/h2-3,7-8,12-13,18H,4-6,9-11,17H2,1H3. The molecule has 1 fully saturated rings. The Morgan fingerprint density at radius 3 is 3.05 bits per heavy atom. The second-order valence-electron chi connectivity index (χ2n) is 5.88. The van der Waals surface area contributed by atoms with Crippen molar-refractivity contribution in [3.05, 3.63) is 30.0 Å². The molecule has 2 aromatic rings. The van der Waals surface area contributed by atoms with E-state index in [0.29, 0.717) is 6.10 Å². The van der Waals surface area contributed by atoms with E-state index in [2.05, 4.69) is 28.7 Å². The highest BCUT2D eigenvalue weighted by Crippen LogP contribution is 2.22. The Kier molecular flexibility index (Phi) is 4.53. The molecule has 5 nitrogen and oxygen atoms in total. The number of nitrogens with one attached hydrogen (secondary N) is 1. The van der Waals surface area contributed by atoms with E-state index in [1.807, 2.05) is 17.8 Å². The van der Waals surface area contributed by atoms with Crippen molar-refractivity contribution in [2.75, 3.05) is 6.61 Å². The highest BCUT2D eigenvalue weighted by atomic mass is 16.5. The number of nitrogens with zero attached hydrogens (tertiary/aromatic N) is 2. The summed E-state index contributed by atoms with van der Waals surface area (Å²) in [6, 6.07) is 8.53. The van der Waals surface area contributed by atoms with Crippen molar-refractivity contribution in [1.82, 2.24) is 15.2 Å². The number of para-hydroxylation sites is 1. The predicted molar refractivity (Wildman–Crippen MR) is 83.7 cm³/mol. The van der Waals surface area contributed by atoms with Crippen molar-refractivity contribution in [3.8, 4) is 0 Å². The van der Waals surface area contributed by atoms with E-state index in [-0.39, 0.29) is 6.04 Å². The van der Waals surface area contributed by atoms with E-state index < -0.39 is 0 Å². The number of aromatic nitrogens is 2. The Balaban J connectivity index is 1.73. The molecule has 0 aliphatic carbocycles. The predicted octanol–water partition coefficient (Wildman–Crippen LogP) is 1.91. The van der Waals surface area contributed by atoms with Crippen LogP contribution in [0.1, 0.15) is 31.4 Å². The molecule has 0 radical (unpaired) electrons. The van der Waals surface area contributed by atoms with Gasteiger partial charge in [0.15, 0.2) is 0 Å². The number of hydrogen-bond acceptors (Lipinski definition) is 4. The summed E-state index contributed by atoms with van der Waals surface area (Å²) in [5.74, 6) is 5.75. The summed E-state index contributed by atoms with van der Waals surface area (Å²) in [7, 11) is 1.99. The lowest BCUT2D eigenvalue weighted by atomic mass is 9.98. The molecule has 3 rings (SSSR count). The molecule has 1 aromatic heterocycles. The molecule has 21 heavy (non-hydrogen) atoms. The zero-order valence-electron chi connectivity index (χ0n) is 12.6. The molecule has 0 spiro atoms. The molecule has 0 amide bonds. The Bertz CT molecular complexity index is 589. The van der Waals surface area contributed by atoms with Crippen LogP contribution in [0.5, 0.6) is 0 Å². The van der Waals surface area contributed by atoms with Crippen LogP contribution in [0.4, 0.5) is 0 Å². The van der Waals surface area contributed by atoms with Gasteiger partial charge in [0, 0.05) is 31.5 Å². The van der Waals surface area contributed by atoms with Crippen LogP contribution in [-0.2, 0) is 18.2 Å². The van der Waals surface area contributed by atoms with Crippen molar-refractivity contribution in [1.29, 1.82) is 0 Å². The number of rotatable bonds is 5. The molecule has 2 atom stereocenters. The molecule has 0 saturated carbocycles. The summed E-state index contributed by atoms with van der Waals surface area (Å²) in [6.07, 6.45) is 5.69. The van der Waals surface area contributed by atoms with Gasteiger partial charge in [-0.3, -0.25) is 16.0 Å². The lowest BCUT2D eigenvalue weighted by molar-refractivity contribution is 0.00520. The number of ether oxygens (including phenoxy) is 1. The third-order valence-corrected chi connectivity index (χ3v) is 4.33. The molecule has 2 heterocycles. The van der Waals surface area contributed by atoms with Crippen LogP contribution in [-0.4, -0.2) is 28.5 Å². The second-order valence-corrected chi connectivity index (χ2v) is 5.88. The van der Waals surface area contributed by atoms with Crippen LogP contribution in [0.3, 0.4) is 0 Å². The van der Waals surface area contributed by atoms with E-state index in [0.717, 1.165) is 37.1 Å². The summed E-state index contributed by atoms with van der Waals surface area (Å²) < 4.78 is 7.76. The summed E-state index contributed by atoms with van der Waals surface area (Å²) >= 11 is 0. The first-order valence-corrected chi connectivity index (χ1v) is 7.76. The van der Waals surface area contributed by atoms with Crippen molar-refractivity contribution >= 4 is 10.9 Å². The second kappa shape index (κ2) is 6.56. The molecule has 3 N–H and O–H groups in total. The Morgan fingerprint density at radius 1 is 1.43 bits per heavy atom. The molecule has 2 unspecified atom stereocenters. The topological polar surface area (TPSA) is 65.1 Å². The van der Waals surface area contributed by atoms with Crippen LogP contribution in [0.2, 0.25) is 0 Å². The Hall–Kier alpha value is -1.43. The van der Waals surface area contributed by atoms with Gasteiger partial charge in [0.05, 0.1) is 17.3 Å². The van der Waals surface area contributed by atoms with E-state index >= 15 is 0 Å². The third-order valence-electron chi connectivity index (χ3n) is 4.33. The van der Waals surface area contributed by atoms with Gasteiger partial charge in [0.1, 0.15) is 0 Å². The molecule has 114 valence electrons. The van der Waals surface area contributed by atoms with Gasteiger partial charge in [-0.25, -0.2) is 0 Å². The highest BCUT2D eigenvalue weighted by Gasteiger charge is 2.21. The average Bonchev–Trinajstić information content (AvgIpc) is 2.84. The van der Waals surface area contributed by atoms with E-state index in [1.165, 1.54) is 18.2 Å². The van der Waals surface area contributed by atoms with Gasteiger partial charge in [-0.15, -0.1) is 0 Å². The minimum atomic E-state index is 0.200. The number of nitrogens with two attached hydrogens (primary N) is 1. The fourth-order valence-corrected chi connectivity index (χ4v) is 3.19. The first-order valence-electron chi connectivity index (χ1n) is 7.76. The summed E-state index contributed by atoms with van der Waals surface area (Å²) in [4.78, 5) is 0. The maximum atomic E-state index is 5.82. The highest BCUT2D eigenvalue weighted by molar-refractivity contribution is 5.81. The summed E-state index contributed by atoms with van der Waals surface area (Å²) in [5.41, 5.74) is 5.21. The number of aryl methyl sites for hydroxylation is 1. The smallest absolute Gasteiger partial charge is 0.0719 e. The normalized spacial score (nSPS) is 20.8. The fraction of sp³-hybridized carbons (Fsp3) is 0.562. The zero-order valence-corrected chi connectivity index (χ0v) is 12.6. The Morgan fingerprint density at radius 2 is 2.29 bits per heavy atom. The van der Waals surface area contributed by atoms with Gasteiger partial charge in [-0.2, -0.15) is 5.10 Å². The molecular weight excluding hydrogens is 264 g/mol. The third kappa shape index (κ3) is 3.26. The van der Waals surface area contributed by atoms with Gasteiger partial charge in [-0.05, 0) is 31.7 Å². The van der Waals surface area contributed by atoms with E-state index in [4.69, 9.17) is 10.6 Å². The van der Waals surface area contributed by atoms with Crippen LogP contribution in [0.15, 0.2) is 24.3 Å².